The first kappa shape index (κ1) is 13.2. The Bertz CT molecular complexity index is 757. The van der Waals surface area contributed by atoms with E-state index in [0.717, 1.165) is 30.9 Å². The highest BCUT2D eigenvalue weighted by Crippen LogP contribution is 2.29. The Hall–Kier alpha value is -2.47. The van der Waals surface area contributed by atoms with Crippen LogP contribution in [0, 0.1) is 0 Å². The summed E-state index contributed by atoms with van der Waals surface area (Å²) in [5, 5.41) is 15.8. The van der Waals surface area contributed by atoms with Gasteiger partial charge in [-0.1, -0.05) is 30.3 Å². The van der Waals surface area contributed by atoms with Gasteiger partial charge in [-0.25, -0.2) is 0 Å². The lowest BCUT2D eigenvalue weighted by atomic mass is 9.97. The standard InChI is InChI=1S/C16H17N5O/c1-2-4-12(5-3-1)14-10-13(8-9-22-14)18-15-6-7-16-19-17-11-21(16)20-15/h1-7,11,13-14H,8-10H2,(H,18,20). The molecule has 1 saturated heterocycles. The third kappa shape index (κ3) is 2.65. The molecule has 3 aromatic rings. The summed E-state index contributed by atoms with van der Waals surface area (Å²) in [7, 11) is 0. The van der Waals surface area contributed by atoms with E-state index in [1.54, 1.807) is 10.8 Å². The van der Waals surface area contributed by atoms with E-state index in [4.69, 9.17) is 4.74 Å². The zero-order valence-corrected chi connectivity index (χ0v) is 12.1. The molecule has 112 valence electrons. The van der Waals surface area contributed by atoms with Crippen LogP contribution in [0.25, 0.3) is 5.65 Å². The molecular formula is C16H17N5O. The molecule has 4 rings (SSSR count). The Morgan fingerprint density at radius 1 is 1.14 bits per heavy atom. The van der Waals surface area contributed by atoms with E-state index in [1.165, 1.54) is 5.56 Å². The average molecular weight is 295 g/mol. The molecular weight excluding hydrogens is 278 g/mol. The molecule has 1 aromatic carbocycles. The normalized spacial score (nSPS) is 21.8. The van der Waals surface area contributed by atoms with Crippen LogP contribution in [0.5, 0.6) is 0 Å². The van der Waals surface area contributed by atoms with Gasteiger partial charge in [0.2, 0.25) is 0 Å². The Balaban J connectivity index is 1.48. The van der Waals surface area contributed by atoms with E-state index in [1.807, 2.05) is 18.2 Å². The van der Waals surface area contributed by atoms with Gasteiger partial charge in [0, 0.05) is 12.6 Å². The largest absolute Gasteiger partial charge is 0.373 e. The average Bonchev–Trinajstić information content (AvgIpc) is 3.04. The highest BCUT2D eigenvalue weighted by Gasteiger charge is 2.24. The third-order valence-electron chi connectivity index (χ3n) is 3.97. The van der Waals surface area contributed by atoms with Gasteiger partial charge in [0.1, 0.15) is 12.1 Å². The fraction of sp³-hybridized carbons (Fsp3) is 0.312. The van der Waals surface area contributed by atoms with E-state index in [9.17, 15) is 0 Å². The molecule has 0 saturated carbocycles. The lowest BCUT2D eigenvalue weighted by Gasteiger charge is -2.30. The van der Waals surface area contributed by atoms with Crippen molar-refractivity contribution < 1.29 is 4.74 Å². The summed E-state index contributed by atoms with van der Waals surface area (Å²) in [6.07, 6.45) is 3.67. The highest BCUT2D eigenvalue weighted by molar-refractivity contribution is 5.43. The molecule has 0 radical (unpaired) electrons. The number of rotatable bonds is 3. The smallest absolute Gasteiger partial charge is 0.177 e. The number of aromatic nitrogens is 4. The SMILES string of the molecule is c1ccc(C2CC(Nc3ccc4nncn4n3)CCO2)cc1. The van der Waals surface area contributed by atoms with E-state index in [-0.39, 0.29) is 6.10 Å². The van der Waals surface area contributed by atoms with Crippen molar-refractivity contribution in [3.63, 3.8) is 0 Å². The van der Waals surface area contributed by atoms with Gasteiger partial charge in [0.25, 0.3) is 0 Å². The van der Waals surface area contributed by atoms with Crippen LogP contribution in [0.2, 0.25) is 0 Å². The molecule has 1 aliphatic rings. The van der Waals surface area contributed by atoms with Crippen LogP contribution >= 0.6 is 0 Å². The molecule has 0 amide bonds. The van der Waals surface area contributed by atoms with Crippen LogP contribution in [0.1, 0.15) is 24.5 Å². The second kappa shape index (κ2) is 5.73. The summed E-state index contributed by atoms with van der Waals surface area (Å²) in [4.78, 5) is 0. The summed E-state index contributed by atoms with van der Waals surface area (Å²) in [6.45, 7) is 0.756. The minimum atomic E-state index is 0.145. The molecule has 0 spiro atoms. The summed E-state index contributed by atoms with van der Waals surface area (Å²) in [5.74, 6) is 0.839. The monoisotopic (exact) mass is 295 g/mol. The molecule has 1 aliphatic heterocycles. The van der Waals surface area contributed by atoms with Crippen LogP contribution in [0.3, 0.4) is 0 Å². The third-order valence-corrected chi connectivity index (χ3v) is 3.97. The zero-order chi connectivity index (χ0) is 14.8. The van der Waals surface area contributed by atoms with E-state index in [0.29, 0.717) is 6.04 Å². The van der Waals surface area contributed by atoms with E-state index >= 15 is 0 Å². The number of fused-ring (bicyclic) bond motifs is 1. The number of ether oxygens (including phenoxy) is 1. The predicted octanol–water partition coefficient (Wildman–Crippen LogP) is 2.46. The van der Waals surface area contributed by atoms with Gasteiger partial charge in [-0.3, -0.25) is 0 Å². The van der Waals surface area contributed by atoms with Crippen LogP contribution in [0.15, 0.2) is 48.8 Å². The van der Waals surface area contributed by atoms with Crippen molar-refractivity contribution in [2.24, 2.45) is 0 Å². The molecule has 2 aromatic heterocycles. The topological polar surface area (TPSA) is 64.3 Å². The van der Waals surface area contributed by atoms with Gasteiger partial charge in [-0.05, 0) is 30.5 Å². The first-order valence-corrected chi connectivity index (χ1v) is 7.49. The number of anilines is 1. The highest BCUT2D eigenvalue weighted by atomic mass is 16.5. The number of hydrogen-bond donors (Lipinski definition) is 1. The number of hydrogen-bond acceptors (Lipinski definition) is 5. The van der Waals surface area contributed by atoms with Crippen molar-refractivity contribution in [2.75, 3.05) is 11.9 Å². The van der Waals surface area contributed by atoms with Crippen LogP contribution in [0.4, 0.5) is 5.82 Å². The zero-order valence-electron chi connectivity index (χ0n) is 12.1. The van der Waals surface area contributed by atoms with Gasteiger partial charge in [0.05, 0.1) is 6.10 Å². The minimum absolute atomic E-state index is 0.145. The van der Waals surface area contributed by atoms with Gasteiger partial charge in [-0.2, -0.15) is 4.52 Å². The first-order valence-electron chi connectivity index (χ1n) is 7.49. The minimum Gasteiger partial charge on any atom is -0.373 e. The van der Waals surface area contributed by atoms with Crippen LogP contribution in [-0.2, 0) is 4.74 Å². The lowest BCUT2D eigenvalue weighted by Crippen LogP contribution is -2.30. The van der Waals surface area contributed by atoms with Crippen molar-refractivity contribution in [2.45, 2.75) is 25.0 Å². The van der Waals surface area contributed by atoms with Crippen molar-refractivity contribution in [3.05, 3.63) is 54.4 Å². The predicted molar refractivity (Wildman–Crippen MR) is 82.6 cm³/mol. The van der Waals surface area contributed by atoms with Crippen LogP contribution in [-0.4, -0.2) is 32.5 Å². The van der Waals surface area contributed by atoms with E-state index in [2.05, 4.69) is 44.9 Å². The Morgan fingerprint density at radius 3 is 2.95 bits per heavy atom. The van der Waals surface area contributed by atoms with Crippen molar-refractivity contribution in [1.29, 1.82) is 0 Å². The molecule has 2 atom stereocenters. The van der Waals surface area contributed by atoms with Crippen molar-refractivity contribution >= 4 is 11.5 Å². The Labute approximate surface area is 128 Å². The number of benzene rings is 1. The van der Waals surface area contributed by atoms with Gasteiger partial charge < -0.3 is 10.1 Å². The maximum atomic E-state index is 5.90. The maximum absolute atomic E-state index is 5.90. The molecule has 6 heteroatoms. The fourth-order valence-electron chi connectivity index (χ4n) is 2.84. The summed E-state index contributed by atoms with van der Waals surface area (Å²) >= 11 is 0. The summed E-state index contributed by atoms with van der Waals surface area (Å²) in [5.41, 5.74) is 1.98. The molecule has 0 bridgehead atoms. The molecule has 6 nitrogen and oxygen atoms in total. The fourth-order valence-corrected chi connectivity index (χ4v) is 2.84. The van der Waals surface area contributed by atoms with Crippen LogP contribution < -0.4 is 5.32 Å². The van der Waals surface area contributed by atoms with Crippen molar-refractivity contribution in [1.82, 2.24) is 19.8 Å². The molecule has 22 heavy (non-hydrogen) atoms. The van der Waals surface area contributed by atoms with Gasteiger partial charge in [0.15, 0.2) is 5.65 Å². The molecule has 0 aliphatic carbocycles. The Kier molecular flexibility index (Phi) is 3.44. The quantitative estimate of drug-likeness (QED) is 0.804. The molecule has 1 fully saturated rings. The Morgan fingerprint density at radius 2 is 2.05 bits per heavy atom. The summed E-state index contributed by atoms with van der Waals surface area (Å²) < 4.78 is 7.58. The summed E-state index contributed by atoms with van der Waals surface area (Å²) in [6, 6.07) is 14.6. The number of nitrogens with zero attached hydrogens (tertiary/aromatic N) is 4. The van der Waals surface area contributed by atoms with Crippen molar-refractivity contribution in [3.8, 4) is 0 Å². The molecule has 2 unspecified atom stereocenters. The van der Waals surface area contributed by atoms with E-state index < -0.39 is 0 Å². The second-order valence-electron chi connectivity index (χ2n) is 5.49. The molecule has 1 N–H and O–H groups in total. The molecule has 3 heterocycles. The number of nitrogens with one attached hydrogen (secondary N) is 1. The van der Waals surface area contributed by atoms with Gasteiger partial charge >= 0.3 is 0 Å². The lowest BCUT2D eigenvalue weighted by molar-refractivity contribution is 0.00973. The van der Waals surface area contributed by atoms with Gasteiger partial charge in [-0.15, -0.1) is 15.3 Å². The maximum Gasteiger partial charge on any atom is 0.177 e. The second-order valence-corrected chi connectivity index (χ2v) is 5.49. The first-order chi connectivity index (χ1) is 10.9.